The molecule has 0 aliphatic heterocycles. The van der Waals surface area contributed by atoms with Crippen molar-refractivity contribution < 1.29 is 13.2 Å². The highest BCUT2D eigenvalue weighted by Crippen LogP contribution is 2.15. The van der Waals surface area contributed by atoms with Crippen LogP contribution in [0.15, 0.2) is 35.4 Å². The molecule has 2 rings (SSSR count). The minimum Gasteiger partial charge on any atom is -0.306 e. The first kappa shape index (κ1) is 14.7. The number of carbonyl (C=O) groups is 1. The van der Waals surface area contributed by atoms with E-state index >= 15 is 0 Å². The molecule has 2 aromatic rings. The quantitative estimate of drug-likeness (QED) is 0.908. The topological polar surface area (TPSA) is 105 Å². The number of amides is 1. The summed E-state index contributed by atoms with van der Waals surface area (Å²) < 4.78 is 24.1. The number of carbonyl (C=O) groups excluding carboxylic acids is 1. The van der Waals surface area contributed by atoms with Crippen LogP contribution in [0.5, 0.6) is 0 Å². The average Bonchev–Trinajstić information content (AvgIpc) is 2.79. The number of hydrogen-bond acceptors (Lipinski definition) is 5. The summed E-state index contributed by atoms with van der Waals surface area (Å²) in [5.74, 6) is -0.162. The fourth-order valence-electron chi connectivity index (χ4n) is 1.70. The average molecular weight is 304 g/mol. The summed E-state index contributed by atoms with van der Waals surface area (Å²) in [7, 11) is -1.70. The summed E-state index contributed by atoms with van der Waals surface area (Å²) in [6.07, 6.45) is 2.44. The van der Waals surface area contributed by atoms with E-state index in [0.717, 1.165) is 6.26 Å². The second-order valence-corrected chi connectivity index (χ2v) is 6.41. The molecule has 0 fully saturated rings. The Labute approximate surface area is 121 Å². The van der Waals surface area contributed by atoms with E-state index in [-0.39, 0.29) is 21.8 Å². The normalized spacial score (nSPS) is 10.9. The SMILES string of the molecule is Cn1ncc(C#N)c1NC(=O)c1ccc(S(C)(=O)=O)cc1. The Morgan fingerprint density at radius 3 is 2.48 bits per heavy atom. The maximum Gasteiger partial charge on any atom is 0.256 e. The Hall–Kier alpha value is -2.66. The Kier molecular flexibility index (Phi) is 3.78. The van der Waals surface area contributed by atoms with Crippen LogP contribution in [-0.2, 0) is 16.9 Å². The second kappa shape index (κ2) is 5.38. The zero-order chi connectivity index (χ0) is 15.6. The van der Waals surface area contributed by atoms with Crippen molar-refractivity contribution in [1.29, 1.82) is 5.26 Å². The third kappa shape index (κ3) is 3.09. The summed E-state index contributed by atoms with van der Waals surface area (Å²) in [4.78, 5) is 12.2. The van der Waals surface area contributed by atoms with E-state index in [1.54, 1.807) is 7.05 Å². The highest BCUT2D eigenvalue weighted by atomic mass is 32.2. The fraction of sp³-hybridized carbons (Fsp3) is 0.154. The number of nitrogens with zero attached hydrogens (tertiary/aromatic N) is 3. The van der Waals surface area contributed by atoms with Gasteiger partial charge in [-0.05, 0) is 24.3 Å². The van der Waals surface area contributed by atoms with Crippen LogP contribution in [0.25, 0.3) is 0 Å². The maximum atomic E-state index is 12.1. The molecule has 0 saturated heterocycles. The van der Waals surface area contributed by atoms with E-state index in [2.05, 4.69) is 10.4 Å². The van der Waals surface area contributed by atoms with Gasteiger partial charge in [-0.15, -0.1) is 0 Å². The monoisotopic (exact) mass is 304 g/mol. The zero-order valence-corrected chi connectivity index (χ0v) is 12.2. The van der Waals surface area contributed by atoms with Crippen molar-refractivity contribution in [3.05, 3.63) is 41.6 Å². The van der Waals surface area contributed by atoms with E-state index in [4.69, 9.17) is 5.26 Å². The minimum absolute atomic E-state index is 0.136. The molecule has 0 spiro atoms. The number of rotatable bonds is 3. The van der Waals surface area contributed by atoms with E-state index in [1.165, 1.54) is 35.1 Å². The van der Waals surface area contributed by atoms with E-state index in [0.29, 0.717) is 0 Å². The summed E-state index contributed by atoms with van der Waals surface area (Å²) >= 11 is 0. The predicted octanol–water partition coefficient (Wildman–Crippen LogP) is 0.948. The molecule has 0 radical (unpaired) electrons. The Morgan fingerprint density at radius 2 is 1.95 bits per heavy atom. The number of aromatic nitrogens is 2. The van der Waals surface area contributed by atoms with E-state index < -0.39 is 15.7 Å². The van der Waals surface area contributed by atoms with E-state index in [9.17, 15) is 13.2 Å². The first-order chi connectivity index (χ1) is 9.82. The molecular weight excluding hydrogens is 292 g/mol. The molecule has 0 aliphatic rings. The van der Waals surface area contributed by atoms with Crippen LogP contribution in [0.2, 0.25) is 0 Å². The minimum atomic E-state index is -3.30. The lowest BCUT2D eigenvalue weighted by molar-refractivity contribution is 0.102. The smallest absolute Gasteiger partial charge is 0.256 e. The second-order valence-electron chi connectivity index (χ2n) is 4.39. The Balaban J connectivity index is 2.25. The summed E-state index contributed by atoms with van der Waals surface area (Å²) in [6.45, 7) is 0. The van der Waals surface area contributed by atoms with Crippen molar-refractivity contribution in [2.45, 2.75) is 4.90 Å². The lowest BCUT2D eigenvalue weighted by Gasteiger charge is -2.06. The third-order valence-corrected chi connectivity index (χ3v) is 3.96. The molecule has 108 valence electrons. The highest BCUT2D eigenvalue weighted by Gasteiger charge is 2.14. The predicted molar refractivity (Wildman–Crippen MR) is 75.4 cm³/mol. The Morgan fingerprint density at radius 1 is 1.33 bits per heavy atom. The molecule has 0 bridgehead atoms. The van der Waals surface area contributed by atoms with Crippen LogP contribution in [0.4, 0.5) is 5.82 Å². The number of hydrogen-bond donors (Lipinski definition) is 1. The molecule has 0 saturated carbocycles. The number of nitrogens with one attached hydrogen (secondary N) is 1. The number of nitriles is 1. The summed E-state index contributed by atoms with van der Waals surface area (Å²) in [5.41, 5.74) is 0.533. The molecule has 0 unspecified atom stereocenters. The van der Waals surface area contributed by atoms with Gasteiger partial charge in [-0.3, -0.25) is 9.48 Å². The van der Waals surface area contributed by atoms with Crippen LogP contribution >= 0.6 is 0 Å². The standard InChI is InChI=1S/C13H12N4O3S/c1-17-12(10(7-14)8-15-17)16-13(18)9-3-5-11(6-4-9)21(2,19)20/h3-6,8H,1-2H3,(H,16,18). The van der Waals surface area contributed by atoms with Gasteiger partial charge in [-0.2, -0.15) is 10.4 Å². The van der Waals surface area contributed by atoms with Crippen LogP contribution < -0.4 is 5.32 Å². The van der Waals surface area contributed by atoms with Gasteiger partial charge in [0.1, 0.15) is 17.5 Å². The molecule has 8 heteroatoms. The van der Waals surface area contributed by atoms with Gasteiger partial charge < -0.3 is 5.32 Å². The molecule has 1 aromatic heterocycles. The lowest BCUT2D eigenvalue weighted by Crippen LogP contribution is -2.15. The highest BCUT2D eigenvalue weighted by molar-refractivity contribution is 7.90. The lowest BCUT2D eigenvalue weighted by atomic mass is 10.2. The third-order valence-electron chi connectivity index (χ3n) is 2.84. The molecule has 1 aromatic carbocycles. The summed E-state index contributed by atoms with van der Waals surface area (Å²) in [5, 5.41) is 15.4. The van der Waals surface area contributed by atoms with Crippen molar-refractivity contribution in [2.24, 2.45) is 7.05 Å². The summed E-state index contributed by atoms with van der Waals surface area (Å²) in [6, 6.07) is 7.47. The van der Waals surface area contributed by atoms with Crippen molar-refractivity contribution >= 4 is 21.6 Å². The molecule has 0 aliphatic carbocycles. The van der Waals surface area contributed by atoms with Crippen molar-refractivity contribution in [1.82, 2.24) is 9.78 Å². The molecule has 1 amide bonds. The molecule has 1 heterocycles. The van der Waals surface area contributed by atoms with Crippen molar-refractivity contribution in [3.63, 3.8) is 0 Å². The number of sulfone groups is 1. The molecule has 7 nitrogen and oxygen atoms in total. The van der Waals surface area contributed by atoms with Gasteiger partial charge in [0.05, 0.1) is 11.1 Å². The first-order valence-electron chi connectivity index (χ1n) is 5.86. The van der Waals surface area contributed by atoms with Crippen molar-refractivity contribution in [3.8, 4) is 6.07 Å². The van der Waals surface area contributed by atoms with Crippen LogP contribution in [0.1, 0.15) is 15.9 Å². The van der Waals surface area contributed by atoms with Gasteiger partial charge >= 0.3 is 0 Å². The van der Waals surface area contributed by atoms with Crippen LogP contribution in [-0.4, -0.2) is 30.4 Å². The maximum absolute atomic E-state index is 12.1. The number of benzene rings is 1. The van der Waals surface area contributed by atoms with Gasteiger partial charge in [-0.1, -0.05) is 0 Å². The first-order valence-corrected chi connectivity index (χ1v) is 7.75. The molecular formula is C13H12N4O3S. The Bertz CT molecular complexity index is 829. The van der Waals surface area contributed by atoms with Crippen LogP contribution in [0.3, 0.4) is 0 Å². The zero-order valence-electron chi connectivity index (χ0n) is 11.4. The fourth-order valence-corrected chi connectivity index (χ4v) is 2.33. The molecule has 1 N–H and O–H groups in total. The van der Waals surface area contributed by atoms with Gasteiger partial charge in [0.25, 0.3) is 5.91 Å². The largest absolute Gasteiger partial charge is 0.306 e. The molecule has 0 atom stereocenters. The molecule has 21 heavy (non-hydrogen) atoms. The van der Waals surface area contributed by atoms with E-state index in [1.807, 2.05) is 6.07 Å². The number of anilines is 1. The van der Waals surface area contributed by atoms with Crippen LogP contribution in [0, 0.1) is 11.3 Å². The van der Waals surface area contributed by atoms with Gasteiger partial charge in [0.2, 0.25) is 0 Å². The van der Waals surface area contributed by atoms with Crippen molar-refractivity contribution in [2.75, 3.05) is 11.6 Å². The number of aryl methyl sites for hydroxylation is 1. The van der Waals surface area contributed by atoms with Gasteiger partial charge in [0.15, 0.2) is 9.84 Å². The van der Waals surface area contributed by atoms with Gasteiger partial charge in [0, 0.05) is 18.9 Å². The van der Waals surface area contributed by atoms with Gasteiger partial charge in [-0.25, -0.2) is 8.42 Å².